The zero-order valence-electron chi connectivity index (χ0n) is 14.4. The van der Waals surface area contributed by atoms with Gasteiger partial charge in [0, 0.05) is 31.0 Å². The molecule has 2 heterocycles. The third-order valence-electron chi connectivity index (χ3n) is 6.20. The van der Waals surface area contributed by atoms with E-state index in [0.29, 0.717) is 35.8 Å². The monoisotopic (exact) mass is 333 g/mol. The molecule has 0 radical (unpaired) electrons. The van der Waals surface area contributed by atoms with Crippen LogP contribution in [0.4, 0.5) is 0 Å². The van der Waals surface area contributed by atoms with Gasteiger partial charge in [-0.25, -0.2) is 0 Å². The van der Waals surface area contributed by atoms with Gasteiger partial charge < -0.3 is 24.9 Å². The molecule has 1 spiro atoms. The number of rotatable bonds is 4. The van der Waals surface area contributed by atoms with Crippen LogP contribution in [0.3, 0.4) is 0 Å². The fourth-order valence-electron chi connectivity index (χ4n) is 4.73. The van der Waals surface area contributed by atoms with Gasteiger partial charge in [-0.3, -0.25) is 4.99 Å². The first-order valence-electron chi connectivity index (χ1n) is 8.92. The summed E-state index contributed by atoms with van der Waals surface area (Å²) in [6.45, 7) is 2.96. The molecule has 2 saturated carbocycles. The van der Waals surface area contributed by atoms with Crippen LogP contribution in [-0.2, 0) is 10.3 Å². The van der Waals surface area contributed by atoms with Crippen molar-refractivity contribution in [2.24, 2.45) is 16.3 Å². The van der Waals surface area contributed by atoms with Crippen LogP contribution in [-0.4, -0.2) is 43.4 Å². The summed E-state index contributed by atoms with van der Waals surface area (Å²) in [6.07, 6.45) is 6.93. The van der Waals surface area contributed by atoms with Crippen LogP contribution >= 0.6 is 0 Å². The topological polar surface area (TPSA) is 79.0 Å². The number of aliphatic imine (C=N–C) groups is 1. The minimum absolute atomic E-state index is 0.308. The van der Waals surface area contributed by atoms with Crippen molar-refractivity contribution in [2.75, 3.05) is 20.2 Å². The van der Waals surface area contributed by atoms with E-state index in [1.54, 1.807) is 32.4 Å². The molecule has 4 unspecified atom stereocenters. The number of fused-ring (bicyclic) bond motifs is 2. The van der Waals surface area contributed by atoms with Crippen molar-refractivity contribution in [3.8, 4) is 0 Å². The van der Waals surface area contributed by atoms with E-state index in [1.165, 1.54) is 19.3 Å². The average molecular weight is 333 g/mol. The molecule has 1 aromatic heterocycles. The van der Waals surface area contributed by atoms with Gasteiger partial charge in [0.25, 0.3) is 0 Å². The van der Waals surface area contributed by atoms with E-state index in [-0.39, 0.29) is 0 Å². The number of hydrogen-bond acceptors (Lipinski definition) is 4. The highest BCUT2D eigenvalue weighted by atomic mass is 16.5. The third kappa shape index (κ3) is 2.35. The summed E-state index contributed by atoms with van der Waals surface area (Å²) in [5, 5.41) is 17.4. The molecule has 3 N–H and O–H groups in total. The van der Waals surface area contributed by atoms with E-state index in [9.17, 15) is 5.11 Å². The summed E-state index contributed by atoms with van der Waals surface area (Å²) in [5.74, 6) is 1.88. The second-order valence-corrected chi connectivity index (χ2v) is 7.63. The maximum Gasteiger partial charge on any atom is 0.191 e. The van der Waals surface area contributed by atoms with Gasteiger partial charge in [0.2, 0.25) is 0 Å². The molecule has 0 amide bonds. The number of hydrogen-bond donors (Lipinski definition) is 3. The minimum Gasteiger partial charge on any atom is -0.466 e. The highest BCUT2D eigenvalue weighted by Gasteiger charge is 2.66. The number of furan rings is 1. The van der Waals surface area contributed by atoms with Crippen molar-refractivity contribution in [3.05, 3.63) is 24.2 Å². The zero-order valence-corrected chi connectivity index (χ0v) is 14.4. The lowest BCUT2D eigenvalue weighted by molar-refractivity contribution is -0.171. The Balaban J connectivity index is 1.38. The van der Waals surface area contributed by atoms with Crippen LogP contribution in [0.5, 0.6) is 0 Å². The van der Waals surface area contributed by atoms with Gasteiger partial charge in [-0.05, 0) is 38.3 Å². The Labute approximate surface area is 142 Å². The van der Waals surface area contributed by atoms with Crippen LogP contribution in [0, 0.1) is 11.3 Å². The predicted molar refractivity (Wildman–Crippen MR) is 90.7 cm³/mol. The van der Waals surface area contributed by atoms with Crippen LogP contribution in [0.25, 0.3) is 0 Å². The van der Waals surface area contributed by atoms with Crippen LogP contribution in [0.2, 0.25) is 0 Å². The van der Waals surface area contributed by atoms with Crippen molar-refractivity contribution in [1.82, 2.24) is 10.6 Å². The summed E-state index contributed by atoms with van der Waals surface area (Å²) in [5.41, 5.74) is -0.768. The molecule has 6 nitrogen and oxygen atoms in total. The fourth-order valence-corrected chi connectivity index (χ4v) is 4.73. The second kappa shape index (κ2) is 5.77. The molecule has 4 atom stereocenters. The number of nitrogens with one attached hydrogen (secondary N) is 2. The van der Waals surface area contributed by atoms with E-state index < -0.39 is 5.60 Å². The lowest BCUT2D eigenvalue weighted by atomic mass is 9.46. The highest BCUT2D eigenvalue weighted by molar-refractivity contribution is 5.80. The maximum atomic E-state index is 10.6. The van der Waals surface area contributed by atoms with Crippen molar-refractivity contribution in [1.29, 1.82) is 0 Å². The van der Waals surface area contributed by atoms with E-state index >= 15 is 0 Å². The first-order chi connectivity index (χ1) is 11.6. The number of nitrogens with zero attached hydrogens (tertiary/aromatic N) is 1. The van der Waals surface area contributed by atoms with Gasteiger partial charge in [0.15, 0.2) is 5.96 Å². The highest BCUT2D eigenvalue weighted by Crippen LogP contribution is 2.62. The summed E-state index contributed by atoms with van der Waals surface area (Å²) in [7, 11) is 1.77. The van der Waals surface area contributed by atoms with Crippen molar-refractivity contribution in [3.63, 3.8) is 0 Å². The molecular weight excluding hydrogens is 306 g/mol. The predicted octanol–water partition coefficient (Wildman–Crippen LogP) is 1.61. The molecule has 0 aromatic carbocycles. The molecule has 132 valence electrons. The molecule has 1 aromatic rings. The van der Waals surface area contributed by atoms with Gasteiger partial charge in [-0.2, -0.15) is 0 Å². The van der Waals surface area contributed by atoms with E-state index in [4.69, 9.17) is 9.15 Å². The molecule has 1 aliphatic heterocycles. The summed E-state index contributed by atoms with van der Waals surface area (Å²) < 4.78 is 11.3. The molecule has 4 rings (SSSR count). The standard InChI is InChI=1S/C18H27N3O3/c1-17(22,13-5-3-9-23-13)11-20-16(19-2)21-14-12-6-10-24-15(12)18(14)7-4-8-18/h3,5,9,12,14-15,22H,4,6-8,10-11H2,1-2H3,(H2,19,20,21). The molecule has 0 bridgehead atoms. The van der Waals surface area contributed by atoms with Gasteiger partial charge in [0.1, 0.15) is 11.4 Å². The van der Waals surface area contributed by atoms with Crippen molar-refractivity contribution < 1.29 is 14.3 Å². The SMILES string of the molecule is CN=C(NCC(C)(O)c1ccco1)NC1C2CCOC2C12CCC2. The Morgan fingerprint density at radius 2 is 2.33 bits per heavy atom. The fraction of sp³-hybridized carbons (Fsp3) is 0.722. The van der Waals surface area contributed by atoms with E-state index in [1.807, 2.05) is 0 Å². The molecule has 3 fully saturated rings. The van der Waals surface area contributed by atoms with E-state index in [0.717, 1.165) is 19.0 Å². The van der Waals surface area contributed by atoms with Gasteiger partial charge in [-0.15, -0.1) is 0 Å². The number of aliphatic hydroxyl groups is 1. The number of ether oxygens (including phenoxy) is 1. The Hall–Kier alpha value is -1.53. The van der Waals surface area contributed by atoms with Gasteiger partial charge in [-0.1, -0.05) is 6.42 Å². The van der Waals surface area contributed by atoms with Crippen LogP contribution < -0.4 is 10.6 Å². The van der Waals surface area contributed by atoms with Gasteiger partial charge in [0.05, 0.1) is 18.9 Å². The van der Waals surface area contributed by atoms with Gasteiger partial charge >= 0.3 is 0 Å². The Kier molecular flexibility index (Phi) is 3.84. The van der Waals surface area contributed by atoms with E-state index in [2.05, 4.69) is 15.6 Å². The number of guanidine groups is 1. The molecular formula is C18H27N3O3. The second-order valence-electron chi connectivity index (χ2n) is 7.63. The Morgan fingerprint density at radius 1 is 1.50 bits per heavy atom. The smallest absolute Gasteiger partial charge is 0.191 e. The summed E-state index contributed by atoms with van der Waals surface area (Å²) >= 11 is 0. The summed E-state index contributed by atoms with van der Waals surface area (Å²) in [4.78, 5) is 4.34. The first-order valence-corrected chi connectivity index (χ1v) is 8.92. The van der Waals surface area contributed by atoms with Crippen LogP contribution in [0.1, 0.15) is 38.4 Å². The summed E-state index contributed by atoms with van der Waals surface area (Å²) in [6, 6.07) is 4.00. The molecule has 24 heavy (non-hydrogen) atoms. The molecule has 6 heteroatoms. The lowest BCUT2D eigenvalue weighted by Gasteiger charge is -2.63. The normalized spacial score (nSPS) is 33.3. The third-order valence-corrected chi connectivity index (χ3v) is 6.20. The Bertz CT molecular complexity index is 607. The molecule has 1 saturated heterocycles. The van der Waals surface area contributed by atoms with Crippen molar-refractivity contribution >= 4 is 5.96 Å². The maximum absolute atomic E-state index is 10.6. The van der Waals surface area contributed by atoms with Crippen molar-refractivity contribution in [2.45, 2.75) is 50.4 Å². The molecule has 2 aliphatic carbocycles. The largest absolute Gasteiger partial charge is 0.466 e. The van der Waals surface area contributed by atoms with Crippen LogP contribution in [0.15, 0.2) is 27.8 Å². The average Bonchev–Trinajstić information content (AvgIpc) is 3.16. The quantitative estimate of drug-likeness (QED) is 0.576. The molecule has 3 aliphatic rings. The Morgan fingerprint density at radius 3 is 2.96 bits per heavy atom. The zero-order chi connectivity index (χ0) is 16.8. The minimum atomic E-state index is -1.08. The lowest BCUT2D eigenvalue weighted by Crippen LogP contribution is -2.72. The first kappa shape index (κ1) is 16.0.